The van der Waals surface area contributed by atoms with Gasteiger partial charge < -0.3 is 25.0 Å². The number of benzene rings is 1. The minimum absolute atomic E-state index is 0. The van der Waals surface area contributed by atoms with Gasteiger partial charge in [-0.15, -0.1) is 24.0 Å². The Morgan fingerprint density at radius 1 is 1.12 bits per heavy atom. The van der Waals surface area contributed by atoms with Crippen LogP contribution in [0.25, 0.3) is 0 Å². The maximum absolute atomic E-state index is 6.11. The fourth-order valence-electron chi connectivity index (χ4n) is 4.37. The van der Waals surface area contributed by atoms with E-state index in [4.69, 9.17) is 14.5 Å². The van der Waals surface area contributed by atoms with E-state index in [1.165, 1.54) is 25.8 Å². The van der Waals surface area contributed by atoms with Crippen LogP contribution >= 0.6 is 24.0 Å². The molecule has 2 aliphatic rings. The van der Waals surface area contributed by atoms with Gasteiger partial charge in [0.05, 0.1) is 19.8 Å². The highest BCUT2D eigenvalue weighted by atomic mass is 127. The Balaban J connectivity index is 0.00000385. The largest absolute Gasteiger partial charge is 0.492 e. The van der Waals surface area contributed by atoms with Gasteiger partial charge in [0.25, 0.3) is 0 Å². The van der Waals surface area contributed by atoms with Crippen molar-refractivity contribution in [1.29, 1.82) is 0 Å². The van der Waals surface area contributed by atoms with Crippen LogP contribution in [-0.2, 0) is 11.3 Å². The summed E-state index contributed by atoms with van der Waals surface area (Å²) in [6.07, 6.45) is 5.20. The zero-order valence-corrected chi connectivity index (χ0v) is 22.9. The zero-order valence-electron chi connectivity index (χ0n) is 20.6. The van der Waals surface area contributed by atoms with Gasteiger partial charge in [0.1, 0.15) is 12.4 Å². The van der Waals surface area contributed by atoms with E-state index >= 15 is 0 Å². The number of hydrogen-bond acceptors (Lipinski definition) is 5. The summed E-state index contributed by atoms with van der Waals surface area (Å²) in [4.78, 5) is 9.83. The first-order chi connectivity index (χ1) is 15.8. The van der Waals surface area contributed by atoms with Crippen molar-refractivity contribution in [1.82, 2.24) is 20.4 Å². The third-order valence-electron chi connectivity index (χ3n) is 6.35. The van der Waals surface area contributed by atoms with Crippen LogP contribution in [0.15, 0.2) is 29.3 Å². The second-order valence-electron chi connectivity index (χ2n) is 8.77. The van der Waals surface area contributed by atoms with Gasteiger partial charge in [-0.2, -0.15) is 0 Å². The molecule has 2 N–H and O–H groups in total. The predicted octanol–water partition coefficient (Wildman–Crippen LogP) is 3.34. The van der Waals surface area contributed by atoms with Crippen molar-refractivity contribution in [2.75, 3.05) is 65.6 Å². The molecule has 0 spiro atoms. The maximum atomic E-state index is 6.11. The second-order valence-corrected chi connectivity index (χ2v) is 8.77. The molecule has 33 heavy (non-hydrogen) atoms. The fraction of sp³-hybridized carbons (Fsp3) is 0.720. The number of guanidine groups is 1. The zero-order chi connectivity index (χ0) is 22.4. The Hall–Kier alpha value is -1.10. The summed E-state index contributed by atoms with van der Waals surface area (Å²) in [7, 11) is 0. The van der Waals surface area contributed by atoms with E-state index < -0.39 is 0 Å². The van der Waals surface area contributed by atoms with Gasteiger partial charge >= 0.3 is 0 Å². The Kier molecular flexibility index (Phi) is 14.1. The molecular formula is C25H44IN5O2. The number of ether oxygens (including phenoxy) is 2. The van der Waals surface area contributed by atoms with Crippen LogP contribution < -0.4 is 15.4 Å². The molecule has 1 unspecified atom stereocenters. The van der Waals surface area contributed by atoms with Crippen LogP contribution in [0.1, 0.15) is 45.1 Å². The number of nitrogens with one attached hydrogen (secondary N) is 2. The normalized spacial score (nSPS) is 20.2. The van der Waals surface area contributed by atoms with Gasteiger partial charge in [-0.25, -0.2) is 4.99 Å². The number of morpholine rings is 1. The monoisotopic (exact) mass is 573 g/mol. The van der Waals surface area contributed by atoms with E-state index in [1.54, 1.807) is 0 Å². The summed E-state index contributed by atoms with van der Waals surface area (Å²) in [5.41, 5.74) is 1.12. The lowest BCUT2D eigenvalue weighted by atomic mass is 10.0. The first kappa shape index (κ1) is 28.1. The molecule has 2 saturated heterocycles. The molecule has 8 heteroatoms. The standard InChI is InChI=1S/C25H43N5O2.HI/c1-3-26-25(27-12-8-14-30-13-7-6-9-22(30)2)28-21-23-10-4-5-11-24(23)32-20-17-29-15-18-31-19-16-29;/h4-5,10-11,22H,3,6-9,12-21H2,1-2H3,(H2,26,27,28);1H. The van der Waals surface area contributed by atoms with Crippen molar-refractivity contribution < 1.29 is 9.47 Å². The number of piperidine rings is 1. The number of hydrogen-bond donors (Lipinski definition) is 2. The van der Waals surface area contributed by atoms with Crippen LogP contribution in [0, 0.1) is 0 Å². The topological polar surface area (TPSA) is 61.4 Å². The second kappa shape index (κ2) is 16.5. The molecule has 0 bridgehead atoms. The van der Waals surface area contributed by atoms with Crippen molar-refractivity contribution in [2.24, 2.45) is 4.99 Å². The summed E-state index contributed by atoms with van der Waals surface area (Å²) in [5, 5.41) is 6.88. The molecule has 0 radical (unpaired) electrons. The molecule has 0 aromatic heterocycles. The molecule has 0 saturated carbocycles. The highest BCUT2D eigenvalue weighted by Gasteiger charge is 2.17. The molecule has 2 heterocycles. The quantitative estimate of drug-likeness (QED) is 0.183. The molecule has 7 nitrogen and oxygen atoms in total. The van der Waals surface area contributed by atoms with Crippen LogP contribution in [0.2, 0.25) is 0 Å². The van der Waals surface area contributed by atoms with Gasteiger partial charge in [0.2, 0.25) is 0 Å². The Morgan fingerprint density at radius 3 is 2.73 bits per heavy atom. The molecule has 188 valence electrons. The van der Waals surface area contributed by atoms with Gasteiger partial charge in [0.15, 0.2) is 5.96 Å². The molecular weight excluding hydrogens is 529 g/mol. The van der Waals surface area contributed by atoms with E-state index in [2.05, 4.69) is 46.4 Å². The van der Waals surface area contributed by atoms with Crippen LogP contribution in [0.3, 0.4) is 0 Å². The van der Waals surface area contributed by atoms with Gasteiger partial charge in [0, 0.05) is 50.9 Å². The lowest BCUT2D eigenvalue weighted by molar-refractivity contribution is 0.0322. The van der Waals surface area contributed by atoms with E-state index in [1.807, 2.05) is 12.1 Å². The van der Waals surface area contributed by atoms with Crippen molar-refractivity contribution >= 4 is 29.9 Å². The lowest BCUT2D eigenvalue weighted by Crippen LogP contribution is -2.41. The lowest BCUT2D eigenvalue weighted by Gasteiger charge is -2.33. The Bertz CT molecular complexity index is 685. The Morgan fingerprint density at radius 2 is 1.94 bits per heavy atom. The average molecular weight is 574 g/mol. The van der Waals surface area contributed by atoms with Gasteiger partial charge in [-0.3, -0.25) is 4.90 Å². The minimum Gasteiger partial charge on any atom is -0.492 e. The SMILES string of the molecule is CCNC(=NCc1ccccc1OCCN1CCOCC1)NCCCN1CCCCC1C.I. The highest BCUT2D eigenvalue weighted by Crippen LogP contribution is 2.19. The van der Waals surface area contributed by atoms with Crippen molar-refractivity contribution in [3.63, 3.8) is 0 Å². The van der Waals surface area contributed by atoms with E-state index in [-0.39, 0.29) is 24.0 Å². The average Bonchev–Trinajstić information content (AvgIpc) is 2.82. The van der Waals surface area contributed by atoms with Crippen molar-refractivity contribution in [3.05, 3.63) is 29.8 Å². The number of para-hydroxylation sites is 1. The summed E-state index contributed by atoms with van der Waals surface area (Å²) in [6.45, 7) is 14.5. The predicted molar refractivity (Wildman–Crippen MR) is 147 cm³/mol. The van der Waals surface area contributed by atoms with Gasteiger partial charge in [-0.1, -0.05) is 24.6 Å². The number of halogens is 1. The number of aliphatic imine (C=N–C) groups is 1. The molecule has 2 aliphatic heterocycles. The number of nitrogens with zero attached hydrogens (tertiary/aromatic N) is 3. The summed E-state index contributed by atoms with van der Waals surface area (Å²) < 4.78 is 11.5. The fourth-order valence-corrected chi connectivity index (χ4v) is 4.37. The number of rotatable bonds is 11. The van der Waals surface area contributed by atoms with E-state index in [0.29, 0.717) is 13.2 Å². The van der Waals surface area contributed by atoms with Crippen LogP contribution in [0.5, 0.6) is 5.75 Å². The molecule has 0 amide bonds. The first-order valence-electron chi connectivity index (χ1n) is 12.5. The van der Waals surface area contributed by atoms with E-state index in [9.17, 15) is 0 Å². The Labute approximate surface area is 217 Å². The van der Waals surface area contributed by atoms with Crippen molar-refractivity contribution in [3.8, 4) is 5.75 Å². The molecule has 3 rings (SSSR count). The first-order valence-corrected chi connectivity index (χ1v) is 12.5. The third-order valence-corrected chi connectivity index (χ3v) is 6.35. The molecule has 2 fully saturated rings. The smallest absolute Gasteiger partial charge is 0.191 e. The number of likely N-dealkylation sites (tertiary alicyclic amines) is 1. The third kappa shape index (κ3) is 10.4. The van der Waals surface area contributed by atoms with Crippen LogP contribution in [-0.4, -0.2) is 87.4 Å². The highest BCUT2D eigenvalue weighted by molar-refractivity contribution is 14.0. The van der Waals surface area contributed by atoms with Crippen molar-refractivity contribution in [2.45, 2.75) is 52.1 Å². The molecule has 1 atom stereocenters. The summed E-state index contributed by atoms with van der Waals surface area (Å²) in [6, 6.07) is 8.96. The van der Waals surface area contributed by atoms with E-state index in [0.717, 1.165) is 82.2 Å². The van der Waals surface area contributed by atoms with Crippen LogP contribution in [0.4, 0.5) is 0 Å². The molecule has 1 aromatic rings. The van der Waals surface area contributed by atoms with Gasteiger partial charge in [-0.05, 0) is 45.7 Å². The summed E-state index contributed by atoms with van der Waals surface area (Å²) >= 11 is 0. The molecule has 1 aromatic carbocycles. The summed E-state index contributed by atoms with van der Waals surface area (Å²) in [5.74, 6) is 1.81. The minimum atomic E-state index is 0. The molecule has 0 aliphatic carbocycles. The maximum Gasteiger partial charge on any atom is 0.191 e.